The Morgan fingerprint density at radius 2 is 1.86 bits per heavy atom. The van der Waals surface area contributed by atoms with Crippen molar-refractivity contribution in [3.8, 4) is 5.75 Å². The van der Waals surface area contributed by atoms with E-state index in [0.29, 0.717) is 6.61 Å². The summed E-state index contributed by atoms with van der Waals surface area (Å²) in [6.07, 6.45) is 1.92. The van der Waals surface area contributed by atoms with E-state index in [9.17, 15) is 4.79 Å². The van der Waals surface area contributed by atoms with E-state index >= 15 is 0 Å². The third-order valence-corrected chi connectivity index (χ3v) is 3.59. The lowest BCUT2D eigenvalue weighted by Gasteiger charge is -2.04. The van der Waals surface area contributed by atoms with Crippen LogP contribution >= 0.6 is 22.6 Å². The average molecular weight is 408 g/mol. The summed E-state index contributed by atoms with van der Waals surface area (Å²) in [6.45, 7) is 2.57. The van der Waals surface area contributed by atoms with Gasteiger partial charge in [-0.3, -0.25) is 4.79 Å². The Balaban J connectivity index is 1.83. The smallest absolute Gasteiger partial charge is 0.244 e. The van der Waals surface area contributed by atoms with Gasteiger partial charge in [0.25, 0.3) is 0 Å². The summed E-state index contributed by atoms with van der Waals surface area (Å²) in [5, 5.41) is 3.96. The van der Waals surface area contributed by atoms with E-state index in [-0.39, 0.29) is 12.3 Å². The van der Waals surface area contributed by atoms with Gasteiger partial charge in [0.05, 0.1) is 19.2 Å². The number of nitrogens with one attached hydrogen (secondary N) is 1. The van der Waals surface area contributed by atoms with E-state index in [0.717, 1.165) is 20.4 Å². The van der Waals surface area contributed by atoms with Crippen LogP contribution in [0.1, 0.15) is 18.1 Å². The van der Waals surface area contributed by atoms with Crippen molar-refractivity contribution in [3.05, 3.63) is 63.2 Å². The van der Waals surface area contributed by atoms with Gasteiger partial charge in [0, 0.05) is 3.57 Å². The molecule has 2 aromatic carbocycles. The molecule has 1 N–H and O–H groups in total. The van der Waals surface area contributed by atoms with Gasteiger partial charge in [0.1, 0.15) is 5.75 Å². The maximum atomic E-state index is 11.8. The minimum Gasteiger partial charge on any atom is -0.494 e. The zero-order chi connectivity index (χ0) is 15.8. The quantitative estimate of drug-likeness (QED) is 0.453. The van der Waals surface area contributed by atoms with Gasteiger partial charge in [-0.25, -0.2) is 5.43 Å². The predicted molar refractivity (Wildman–Crippen MR) is 96.2 cm³/mol. The van der Waals surface area contributed by atoms with E-state index in [1.165, 1.54) is 0 Å². The highest BCUT2D eigenvalue weighted by Crippen LogP contribution is 2.12. The number of carbonyl (C=O) groups excluding carboxylic acids is 1. The Bertz CT molecular complexity index is 637. The second-order valence-corrected chi connectivity index (χ2v) is 5.84. The van der Waals surface area contributed by atoms with E-state index in [2.05, 4.69) is 33.1 Å². The number of carbonyl (C=O) groups is 1. The number of benzene rings is 2. The molecule has 0 radical (unpaired) electrons. The van der Waals surface area contributed by atoms with Crippen LogP contribution < -0.4 is 10.2 Å². The highest BCUT2D eigenvalue weighted by molar-refractivity contribution is 14.1. The number of hydrazone groups is 1. The van der Waals surface area contributed by atoms with Gasteiger partial charge in [0.15, 0.2) is 0 Å². The molecule has 114 valence electrons. The average Bonchev–Trinajstić information content (AvgIpc) is 2.51. The van der Waals surface area contributed by atoms with Crippen LogP contribution in [0, 0.1) is 3.57 Å². The third kappa shape index (κ3) is 5.48. The summed E-state index contributed by atoms with van der Waals surface area (Å²) in [5.74, 6) is 0.661. The molecule has 0 aliphatic heterocycles. The fourth-order valence-electron chi connectivity index (χ4n) is 1.82. The first-order valence-corrected chi connectivity index (χ1v) is 8.04. The van der Waals surface area contributed by atoms with Crippen molar-refractivity contribution < 1.29 is 9.53 Å². The van der Waals surface area contributed by atoms with Crippen LogP contribution in [0.2, 0.25) is 0 Å². The molecule has 0 spiro atoms. The summed E-state index contributed by atoms with van der Waals surface area (Å²) in [4.78, 5) is 11.8. The Labute approximate surface area is 143 Å². The Kier molecular flexibility index (Phi) is 6.39. The molecule has 2 rings (SSSR count). The van der Waals surface area contributed by atoms with Gasteiger partial charge in [-0.05, 0) is 64.9 Å². The third-order valence-electron chi connectivity index (χ3n) is 2.87. The minimum atomic E-state index is -0.147. The summed E-state index contributed by atoms with van der Waals surface area (Å²) < 4.78 is 6.52. The Hall–Kier alpha value is -1.89. The number of hydrogen-bond acceptors (Lipinski definition) is 3. The van der Waals surface area contributed by atoms with Gasteiger partial charge in [-0.1, -0.05) is 24.3 Å². The maximum absolute atomic E-state index is 11.8. The van der Waals surface area contributed by atoms with Gasteiger partial charge >= 0.3 is 0 Å². The van der Waals surface area contributed by atoms with E-state index in [1.54, 1.807) is 6.21 Å². The first kappa shape index (κ1) is 16.5. The highest BCUT2D eigenvalue weighted by Gasteiger charge is 2.02. The lowest BCUT2D eigenvalue weighted by Crippen LogP contribution is -2.19. The monoisotopic (exact) mass is 408 g/mol. The second-order valence-electron chi connectivity index (χ2n) is 4.60. The molecule has 0 fully saturated rings. The molecule has 0 aliphatic carbocycles. The summed E-state index contributed by atoms with van der Waals surface area (Å²) in [7, 11) is 0. The lowest BCUT2D eigenvalue weighted by atomic mass is 10.1. The van der Waals surface area contributed by atoms with Crippen molar-refractivity contribution in [1.29, 1.82) is 0 Å². The topological polar surface area (TPSA) is 50.7 Å². The number of rotatable bonds is 6. The molecule has 0 bridgehead atoms. The molecule has 0 heterocycles. The zero-order valence-electron chi connectivity index (χ0n) is 12.3. The van der Waals surface area contributed by atoms with Crippen molar-refractivity contribution in [3.63, 3.8) is 0 Å². The van der Waals surface area contributed by atoms with Crippen molar-refractivity contribution in [1.82, 2.24) is 5.43 Å². The number of amides is 1. The molecule has 0 atom stereocenters. The molecule has 0 saturated heterocycles. The van der Waals surface area contributed by atoms with Gasteiger partial charge in [0.2, 0.25) is 5.91 Å². The first-order valence-electron chi connectivity index (χ1n) is 6.96. The standard InChI is InChI=1S/C17H17IN2O2/c1-2-22-16-9-5-13(6-10-16)11-17(21)20-19-12-14-3-7-15(18)8-4-14/h3-10,12H,2,11H2,1H3,(H,20,21)/b19-12+. The molecule has 1 amide bonds. The fraction of sp³-hybridized carbons (Fsp3) is 0.176. The van der Waals surface area contributed by atoms with Crippen molar-refractivity contribution >= 4 is 34.7 Å². The molecule has 0 aliphatic rings. The van der Waals surface area contributed by atoms with Crippen LogP contribution in [0.4, 0.5) is 0 Å². The van der Waals surface area contributed by atoms with Crippen molar-refractivity contribution in [2.75, 3.05) is 6.61 Å². The predicted octanol–water partition coefficient (Wildman–Crippen LogP) is 3.38. The summed E-state index contributed by atoms with van der Waals surface area (Å²) in [6, 6.07) is 15.4. The molecule has 5 heteroatoms. The second kappa shape index (κ2) is 8.53. The molecule has 4 nitrogen and oxygen atoms in total. The molecule has 0 unspecified atom stereocenters. The molecule has 0 saturated carbocycles. The van der Waals surface area contributed by atoms with Gasteiger partial charge < -0.3 is 4.74 Å². The zero-order valence-corrected chi connectivity index (χ0v) is 14.4. The van der Waals surface area contributed by atoms with E-state index < -0.39 is 0 Å². The number of ether oxygens (including phenoxy) is 1. The highest BCUT2D eigenvalue weighted by atomic mass is 127. The van der Waals surface area contributed by atoms with Crippen LogP contribution in [-0.2, 0) is 11.2 Å². The van der Waals surface area contributed by atoms with Crippen molar-refractivity contribution in [2.45, 2.75) is 13.3 Å². The molecular formula is C17H17IN2O2. The fourth-order valence-corrected chi connectivity index (χ4v) is 2.18. The van der Waals surface area contributed by atoms with Gasteiger partial charge in [-0.15, -0.1) is 0 Å². The van der Waals surface area contributed by atoms with E-state index in [4.69, 9.17) is 4.74 Å². The van der Waals surface area contributed by atoms with E-state index in [1.807, 2.05) is 55.5 Å². The van der Waals surface area contributed by atoms with Crippen LogP contribution in [0.3, 0.4) is 0 Å². The first-order chi connectivity index (χ1) is 10.7. The number of nitrogens with zero attached hydrogens (tertiary/aromatic N) is 1. The van der Waals surface area contributed by atoms with Crippen LogP contribution in [0.15, 0.2) is 53.6 Å². The number of halogens is 1. The number of hydrogen-bond donors (Lipinski definition) is 1. The molecule has 22 heavy (non-hydrogen) atoms. The van der Waals surface area contributed by atoms with Gasteiger partial charge in [-0.2, -0.15) is 5.10 Å². The largest absolute Gasteiger partial charge is 0.494 e. The summed E-state index contributed by atoms with van der Waals surface area (Å²) >= 11 is 2.24. The Morgan fingerprint density at radius 3 is 2.50 bits per heavy atom. The van der Waals surface area contributed by atoms with Crippen LogP contribution in [0.5, 0.6) is 5.75 Å². The molecular weight excluding hydrogens is 391 g/mol. The Morgan fingerprint density at radius 1 is 1.18 bits per heavy atom. The van der Waals surface area contributed by atoms with Crippen molar-refractivity contribution in [2.24, 2.45) is 5.10 Å². The maximum Gasteiger partial charge on any atom is 0.244 e. The lowest BCUT2D eigenvalue weighted by molar-refractivity contribution is -0.120. The van der Waals surface area contributed by atoms with Crippen LogP contribution in [-0.4, -0.2) is 18.7 Å². The van der Waals surface area contributed by atoms with Crippen LogP contribution in [0.25, 0.3) is 0 Å². The minimum absolute atomic E-state index is 0.147. The summed E-state index contributed by atoms with van der Waals surface area (Å²) in [5.41, 5.74) is 4.40. The molecule has 0 aromatic heterocycles. The molecule has 2 aromatic rings. The SMILES string of the molecule is CCOc1ccc(CC(=O)N/N=C/c2ccc(I)cc2)cc1. The normalized spacial score (nSPS) is 10.6.